The second-order valence-electron chi connectivity index (χ2n) is 6.17. The van der Waals surface area contributed by atoms with Gasteiger partial charge in [0.1, 0.15) is 17.7 Å². The van der Waals surface area contributed by atoms with Crippen LogP contribution < -0.4 is 10.2 Å². The predicted molar refractivity (Wildman–Crippen MR) is 99.3 cm³/mol. The van der Waals surface area contributed by atoms with Crippen molar-refractivity contribution in [2.75, 3.05) is 29.1 Å². The number of allylic oxidation sites excluding steroid dienone is 1. The minimum Gasteiger partial charge on any atom is -0.372 e. The van der Waals surface area contributed by atoms with Crippen LogP contribution in [0.3, 0.4) is 0 Å². The van der Waals surface area contributed by atoms with E-state index in [1.165, 1.54) is 6.20 Å². The fraction of sp³-hybridized carbons (Fsp3) is 0.444. The predicted octanol–water partition coefficient (Wildman–Crippen LogP) is 2.44. The largest absolute Gasteiger partial charge is 0.372 e. The van der Waals surface area contributed by atoms with Gasteiger partial charge in [-0.3, -0.25) is 0 Å². The highest BCUT2D eigenvalue weighted by atomic mass is 32.2. The molecular formula is C18H22N4O3S. The Balaban J connectivity index is 2.48. The summed E-state index contributed by atoms with van der Waals surface area (Å²) in [4.78, 5) is 2.31. The Morgan fingerprint density at radius 3 is 2.46 bits per heavy atom. The van der Waals surface area contributed by atoms with Gasteiger partial charge in [-0.05, 0) is 32.0 Å². The van der Waals surface area contributed by atoms with Gasteiger partial charge in [-0.15, -0.1) is 0 Å². The van der Waals surface area contributed by atoms with Crippen molar-refractivity contribution in [2.24, 2.45) is 0 Å². The summed E-state index contributed by atoms with van der Waals surface area (Å²) in [5.41, 5.74) is 1.24. The summed E-state index contributed by atoms with van der Waals surface area (Å²) in [6, 6.07) is 8.44. The van der Waals surface area contributed by atoms with E-state index in [4.69, 9.17) is 15.3 Å². The van der Waals surface area contributed by atoms with E-state index in [2.05, 4.69) is 10.2 Å². The highest BCUT2D eigenvalue weighted by Gasteiger charge is 2.25. The normalized spacial score (nSPS) is 20.0. The zero-order valence-electron chi connectivity index (χ0n) is 15.1. The first-order valence-corrected chi connectivity index (χ1v) is 10.00. The number of nitrogens with one attached hydrogen (secondary N) is 1. The zero-order chi connectivity index (χ0) is 19.3. The maximum absolute atomic E-state index is 12.2. The zero-order valence-corrected chi connectivity index (χ0v) is 15.9. The smallest absolute Gasteiger partial charge is 0.178 e. The van der Waals surface area contributed by atoms with Gasteiger partial charge in [0.25, 0.3) is 0 Å². The Kier molecular flexibility index (Phi) is 6.25. The summed E-state index contributed by atoms with van der Waals surface area (Å²) in [6.45, 7) is 6.87. The molecule has 0 saturated carbocycles. The first kappa shape index (κ1) is 19.8. The molecule has 1 saturated heterocycles. The number of morpholine rings is 1. The number of nitriles is 2. The first-order valence-electron chi connectivity index (χ1n) is 8.34. The molecule has 2 atom stereocenters. The van der Waals surface area contributed by atoms with Gasteiger partial charge in [0.05, 0.1) is 34.2 Å². The Labute approximate surface area is 154 Å². The molecule has 2 rings (SSSR count). The summed E-state index contributed by atoms with van der Waals surface area (Å²) >= 11 is 0. The van der Waals surface area contributed by atoms with Crippen molar-refractivity contribution < 1.29 is 13.2 Å². The first-order chi connectivity index (χ1) is 12.3. The molecular weight excluding hydrogens is 352 g/mol. The van der Waals surface area contributed by atoms with Crippen LogP contribution in [-0.2, 0) is 14.6 Å². The van der Waals surface area contributed by atoms with Gasteiger partial charge >= 0.3 is 0 Å². The van der Waals surface area contributed by atoms with Gasteiger partial charge < -0.3 is 15.0 Å². The third kappa shape index (κ3) is 4.54. The highest BCUT2D eigenvalue weighted by molar-refractivity contribution is 7.91. The van der Waals surface area contributed by atoms with Crippen molar-refractivity contribution in [3.8, 4) is 12.1 Å². The molecule has 1 aliphatic heterocycles. The van der Waals surface area contributed by atoms with Crippen molar-refractivity contribution in [3.05, 3.63) is 30.0 Å². The van der Waals surface area contributed by atoms with Crippen LogP contribution in [0, 0.1) is 22.7 Å². The molecule has 1 aliphatic rings. The van der Waals surface area contributed by atoms with E-state index in [-0.39, 0.29) is 28.4 Å². The van der Waals surface area contributed by atoms with E-state index < -0.39 is 9.84 Å². The van der Waals surface area contributed by atoms with Crippen molar-refractivity contribution in [1.82, 2.24) is 0 Å². The lowest BCUT2D eigenvalue weighted by Gasteiger charge is -2.37. The lowest BCUT2D eigenvalue weighted by atomic mass is 10.1. The number of hydrogen-bond donors (Lipinski definition) is 1. The van der Waals surface area contributed by atoms with E-state index in [0.717, 1.165) is 5.69 Å². The quantitative estimate of drug-likeness (QED) is 0.789. The molecule has 0 spiro atoms. The number of sulfone groups is 1. The number of hydrogen-bond acceptors (Lipinski definition) is 7. The van der Waals surface area contributed by atoms with E-state index in [9.17, 15) is 8.42 Å². The summed E-state index contributed by atoms with van der Waals surface area (Å²) < 4.78 is 30.2. The fourth-order valence-corrected chi connectivity index (χ4v) is 3.79. The Morgan fingerprint density at radius 2 is 1.92 bits per heavy atom. The molecule has 8 heteroatoms. The molecule has 0 aromatic heterocycles. The van der Waals surface area contributed by atoms with Crippen LogP contribution in [0.25, 0.3) is 0 Å². The number of ether oxygens (including phenoxy) is 1. The second kappa shape index (κ2) is 8.22. The van der Waals surface area contributed by atoms with Crippen molar-refractivity contribution in [2.45, 2.75) is 37.9 Å². The van der Waals surface area contributed by atoms with Crippen molar-refractivity contribution >= 4 is 21.2 Å². The van der Waals surface area contributed by atoms with Crippen LogP contribution in [0.15, 0.2) is 34.9 Å². The topological polar surface area (TPSA) is 106 Å². The van der Waals surface area contributed by atoms with E-state index in [0.29, 0.717) is 18.8 Å². The second-order valence-corrected chi connectivity index (χ2v) is 8.45. The summed E-state index contributed by atoms with van der Waals surface area (Å²) in [5.74, 6) is -0.00507. The molecule has 26 heavy (non-hydrogen) atoms. The van der Waals surface area contributed by atoms with Crippen LogP contribution in [0.4, 0.5) is 11.4 Å². The number of nitrogens with zero attached hydrogens (tertiary/aromatic N) is 3. The molecule has 1 fully saturated rings. The van der Waals surface area contributed by atoms with Crippen molar-refractivity contribution in [3.63, 3.8) is 0 Å². The number of anilines is 2. The average molecular weight is 374 g/mol. The van der Waals surface area contributed by atoms with Crippen LogP contribution in [0.5, 0.6) is 0 Å². The third-order valence-electron chi connectivity index (χ3n) is 4.08. The van der Waals surface area contributed by atoms with Gasteiger partial charge in [0, 0.05) is 19.3 Å². The van der Waals surface area contributed by atoms with Gasteiger partial charge in [0.15, 0.2) is 9.84 Å². The SMILES string of the molecule is CCS(=O)(=O)c1ccc(N2CC(C)OC(C)C2)c(NC=C(C#N)C#N)c1. The molecule has 1 heterocycles. The maximum atomic E-state index is 12.2. The highest BCUT2D eigenvalue weighted by Crippen LogP contribution is 2.31. The molecule has 0 radical (unpaired) electrons. The maximum Gasteiger partial charge on any atom is 0.178 e. The Morgan fingerprint density at radius 1 is 1.31 bits per heavy atom. The number of rotatable bonds is 5. The summed E-state index contributed by atoms with van der Waals surface area (Å²) in [7, 11) is -3.37. The minimum absolute atomic E-state index is 0.00507. The lowest BCUT2D eigenvalue weighted by Crippen LogP contribution is -2.45. The molecule has 2 unspecified atom stereocenters. The monoisotopic (exact) mass is 374 g/mol. The van der Waals surface area contributed by atoms with Gasteiger partial charge in [-0.25, -0.2) is 8.42 Å². The van der Waals surface area contributed by atoms with E-state index >= 15 is 0 Å². The molecule has 7 nitrogen and oxygen atoms in total. The average Bonchev–Trinajstić information content (AvgIpc) is 2.61. The molecule has 1 aromatic rings. The molecule has 0 amide bonds. The van der Waals surface area contributed by atoms with Gasteiger partial charge in [-0.1, -0.05) is 6.92 Å². The lowest BCUT2D eigenvalue weighted by molar-refractivity contribution is -0.00517. The van der Waals surface area contributed by atoms with Crippen LogP contribution in [0.2, 0.25) is 0 Å². The van der Waals surface area contributed by atoms with Crippen molar-refractivity contribution in [1.29, 1.82) is 10.5 Å². The molecule has 138 valence electrons. The third-order valence-corrected chi connectivity index (χ3v) is 5.81. The molecule has 1 N–H and O–H groups in total. The number of benzene rings is 1. The van der Waals surface area contributed by atoms with Gasteiger partial charge in [0.2, 0.25) is 0 Å². The standard InChI is InChI=1S/C18H22N4O3S/c1-4-26(23,24)16-5-6-18(22-11-13(2)25-14(3)12-22)17(7-16)21-10-15(8-19)9-20/h5-7,10,13-14,21H,4,11-12H2,1-3H3. The van der Waals surface area contributed by atoms with E-state index in [1.54, 1.807) is 37.3 Å². The Hall–Kier alpha value is -2.55. The Bertz CT molecular complexity index is 855. The summed E-state index contributed by atoms with van der Waals surface area (Å²) in [5, 5.41) is 20.7. The molecule has 1 aromatic carbocycles. The van der Waals surface area contributed by atoms with Crippen LogP contribution >= 0.6 is 0 Å². The summed E-state index contributed by atoms with van der Waals surface area (Å²) in [6.07, 6.45) is 1.36. The van der Waals surface area contributed by atoms with E-state index in [1.807, 2.05) is 13.8 Å². The minimum atomic E-state index is -3.37. The molecule has 0 bridgehead atoms. The fourth-order valence-electron chi connectivity index (χ4n) is 2.88. The molecule has 0 aliphatic carbocycles. The van der Waals surface area contributed by atoms with Crippen LogP contribution in [0.1, 0.15) is 20.8 Å². The van der Waals surface area contributed by atoms with Crippen LogP contribution in [-0.4, -0.2) is 39.5 Å². The van der Waals surface area contributed by atoms with Gasteiger partial charge in [-0.2, -0.15) is 10.5 Å².